The van der Waals surface area contributed by atoms with Crippen LogP contribution >= 0.6 is 12.6 Å². The van der Waals surface area contributed by atoms with E-state index in [9.17, 15) is 4.79 Å². The topological polar surface area (TPSA) is 57.5 Å². The Labute approximate surface area is 71.1 Å². The molecule has 0 saturated heterocycles. The Balaban J connectivity index is 3.47. The van der Waals surface area contributed by atoms with Crippen molar-refractivity contribution in [3.63, 3.8) is 0 Å². The fourth-order valence-corrected chi connectivity index (χ4v) is 0.808. The van der Waals surface area contributed by atoms with E-state index in [4.69, 9.17) is 10.2 Å². The van der Waals surface area contributed by atoms with E-state index in [0.29, 0.717) is 18.6 Å². The molecule has 0 aromatic carbocycles. The number of carboxylic acids is 1. The van der Waals surface area contributed by atoms with Gasteiger partial charge in [0.25, 0.3) is 0 Å². The number of aliphatic carboxylic acids is 1. The summed E-state index contributed by atoms with van der Waals surface area (Å²) in [5, 5.41) is 17.2. The van der Waals surface area contributed by atoms with Gasteiger partial charge in [-0.25, -0.2) is 0 Å². The van der Waals surface area contributed by atoms with Crippen molar-refractivity contribution in [3.8, 4) is 0 Å². The van der Waals surface area contributed by atoms with Crippen LogP contribution in [0.4, 0.5) is 0 Å². The molecule has 0 aromatic heterocycles. The van der Waals surface area contributed by atoms with Crippen LogP contribution in [0.3, 0.4) is 0 Å². The van der Waals surface area contributed by atoms with Crippen LogP contribution in [0.1, 0.15) is 19.3 Å². The molecule has 0 aliphatic rings. The van der Waals surface area contributed by atoms with Crippen molar-refractivity contribution in [2.24, 2.45) is 0 Å². The lowest BCUT2D eigenvalue weighted by Gasteiger charge is -1.94. The van der Waals surface area contributed by atoms with Crippen molar-refractivity contribution in [1.29, 1.82) is 0 Å². The van der Waals surface area contributed by atoms with E-state index in [0.717, 1.165) is 0 Å². The van der Waals surface area contributed by atoms with Gasteiger partial charge in [-0.3, -0.25) is 4.79 Å². The summed E-state index contributed by atoms with van der Waals surface area (Å²) in [6.07, 6.45) is 2.47. The number of carboxylic acid groups (broad SMARTS) is 1. The second-order valence-corrected chi connectivity index (χ2v) is 2.55. The van der Waals surface area contributed by atoms with Crippen LogP contribution in [-0.4, -0.2) is 21.9 Å². The van der Waals surface area contributed by atoms with E-state index in [-0.39, 0.29) is 12.2 Å². The van der Waals surface area contributed by atoms with Crippen LogP contribution < -0.4 is 0 Å². The number of hydrogen-bond acceptors (Lipinski definition) is 3. The molecule has 0 heterocycles. The maximum Gasteiger partial charge on any atom is 0.303 e. The lowest BCUT2D eigenvalue weighted by Crippen LogP contribution is -1.92. The van der Waals surface area contributed by atoms with Gasteiger partial charge in [-0.05, 0) is 18.2 Å². The predicted octanol–water partition coefficient (Wildman–Crippen LogP) is 1.61. The summed E-state index contributed by atoms with van der Waals surface area (Å²) >= 11 is 3.91. The molecule has 0 aliphatic carbocycles. The van der Waals surface area contributed by atoms with Gasteiger partial charge in [0.2, 0.25) is 0 Å². The van der Waals surface area contributed by atoms with Crippen molar-refractivity contribution in [3.05, 3.63) is 11.8 Å². The number of thiol groups is 1. The van der Waals surface area contributed by atoms with Crippen LogP contribution in [-0.2, 0) is 4.79 Å². The van der Waals surface area contributed by atoms with Gasteiger partial charge in [-0.2, -0.15) is 12.6 Å². The van der Waals surface area contributed by atoms with Gasteiger partial charge < -0.3 is 10.2 Å². The Morgan fingerprint density at radius 1 is 1.36 bits per heavy atom. The minimum Gasteiger partial charge on any atom is -0.513 e. The average molecular weight is 176 g/mol. The van der Waals surface area contributed by atoms with Gasteiger partial charge in [-0.1, -0.05) is 0 Å². The zero-order valence-corrected chi connectivity index (χ0v) is 7.05. The van der Waals surface area contributed by atoms with Gasteiger partial charge in [0.1, 0.15) is 0 Å². The fourth-order valence-electron chi connectivity index (χ4n) is 0.579. The van der Waals surface area contributed by atoms with Gasteiger partial charge in [0.15, 0.2) is 0 Å². The first kappa shape index (κ1) is 10.4. The maximum atomic E-state index is 10.0. The average Bonchev–Trinajstić information content (AvgIpc) is 1.87. The molecule has 0 rings (SSSR count). The fraction of sp³-hybridized carbons (Fsp3) is 0.571. The normalized spacial score (nSPS) is 11.5. The lowest BCUT2D eigenvalue weighted by atomic mass is 10.2. The Morgan fingerprint density at radius 2 is 2.00 bits per heavy atom. The van der Waals surface area contributed by atoms with E-state index in [1.807, 2.05) is 0 Å². The van der Waals surface area contributed by atoms with Gasteiger partial charge in [0.05, 0.1) is 5.76 Å². The Bertz CT molecular complexity index is 154. The maximum absolute atomic E-state index is 10.0. The van der Waals surface area contributed by atoms with Crippen molar-refractivity contribution in [2.45, 2.75) is 19.3 Å². The number of allylic oxidation sites excluding steroid dienone is 2. The highest BCUT2D eigenvalue weighted by atomic mass is 32.1. The third-order valence-electron chi connectivity index (χ3n) is 1.11. The van der Waals surface area contributed by atoms with Crippen LogP contribution in [0, 0.1) is 0 Å². The van der Waals surface area contributed by atoms with E-state index >= 15 is 0 Å². The Morgan fingerprint density at radius 3 is 2.45 bits per heavy atom. The van der Waals surface area contributed by atoms with E-state index in [1.165, 1.54) is 6.08 Å². The Hall–Kier alpha value is -0.640. The second-order valence-electron chi connectivity index (χ2n) is 2.10. The number of carbonyl (C=O) groups is 1. The molecule has 0 aliphatic heterocycles. The zero-order valence-electron chi connectivity index (χ0n) is 6.16. The summed E-state index contributed by atoms with van der Waals surface area (Å²) in [7, 11) is 0. The molecule has 0 fully saturated rings. The van der Waals surface area contributed by atoms with Gasteiger partial charge in [0, 0.05) is 12.8 Å². The first-order valence-corrected chi connectivity index (χ1v) is 4.00. The first-order chi connectivity index (χ1) is 5.16. The largest absolute Gasteiger partial charge is 0.513 e. The highest BCUT2D eigenvalue weighted by Gasteiger charge is 1.95. The summed E-state index contributed by atoms with van der Waals surface area (Å²) in [6.45, 7) is 0. The number of aliphatic hydroxyl groups excluding tert-OH is 1. The highest BCUT2D eigenvalue weighted by molar-refractivity contribution is 7.80. The zero-order chi connectivity index (χ0) is 8.69. The van der Waals surface area contributed by atoms with E-state index in [1.54, 1.807) is 0 Å². The quantitative estimate of drug-likeness (QED) is 0.440. The van der Waals surface area contributed by atoms with Crippen molar-refractivity contribution in [2.75, 3.05) is 5.75 Å². The van der Waals surface area contributed by atoms with Crippen LogP contribution in [0.5, 0.6) is 0 Å². The third kappa shape index (κ3) is 7.25. The number of hydrogen-bond donors (Lipinski definition) is 3. The number of aliphatic hydroxyl groups is 1. The summed E-state index contributed by atoms with van der Waals surface area (Å²) in [4.78, 5) is 10.0. The van der Waals surface area contributed by atoms with Crippen LogP contribution in [0.25, 0.3) is 0 Å². The lowest BCUT2D eigenvalue weighted by molar-refractivity contribution is -0.136. The molecule has 4 heteroatoms. The first-order valence-electron chi connectivity index (χ1n) is 3.37. The molecule has 2 N–H and O–H groups in total. The molecule has 0 amide bonds. The van der Waals surface area contributed by atoms with E-state index in [2.05, 4.69) is 12.6 Å². The SMILES string of the molecule is O=C(O)CCC=C(O)CCS. The predicted molar refractivity (Wildman–Crippen MR) is 46.1 cm³/mol. The van der Waals surface area contributed by atoms with Crippen molar-refractivity contribution >= 4 is 18.6 Å². The molecule has 11 heavy (non-hydrogen) atoms. The molecule has 64 valence electrons. The molecule has 0 radical (unpaired) electrons. The molecule has 3 nitrogen and oxygen atoms in total. The standard InChI is InChI=1S/C7H12O3S/c8-6(4-5-11)2-1-3-7(9)10/h2,8,11H,1,3-5H2,(H,9,10). The summed E-state index contributed by atoms with van der Waals surface area (Å²) in [5.41, 5.74) is 0. The van der Waals surface area contributed by atoms with Crippen LogP contribution in [0.2, 0.25) is 0 Å². The molecular formula is C7H12O3S. The number of rotatable bonds is 5. The minimum atomic E-state index is -0.847. The van der Waals surface area contributed by atoms with Crippen molar-refractivity contribution < 1.29 is 15.0 Å². The molecule has 0 unspecified atom stereocenters. The monoisotopic (exact) mass is 176 g/mol. The molecule has 0 atom stereocenters. The van der Waals surface area contributed by atoms with Gasteiger partial charge in [-0.15, -0.1) is 0 Å². The van der Waals surface area contributed by atoms with Crippen LogP contribution in [0.15, 0.2) is 11.8 Å². The summed E-state index contributed by atoms with van der Waals surface area (Å²) in [6, 6.07) is 0. The Kier molecular flexibility index (Phi) is 5.74. The van der Waals surface area contributed by atoms with Gasteiger partial charge >= 0.3 is 5.97 Å². The minimum absolute atomic E-state index is 0.0661. The second kappa shape index (κ2) is 6.09. The molecule has 0 bridgehead atoms. The third-order valence-corrected chi connectivity index (χ3v) is 1.33. The molecular weight excluding hydrogens is 164 g/mol. The van der Waals surface area contributed by atoms with Crippen molar-refractivity contribution in [1.82, 2.24) is 0 Å². The highest BCUT2D eigenvalue weighted by Crippen LogP contribution is 2.01. The van der Waals surface area contributed by atoms with E-state index < -0.39 is 5.97 Å². The molecule has 0 spiro atoms. The summed E-state index contributed by atoms with van der Waals surface area (Å²) in [5.74, 6) is -0.0451. The smallest absolute Gasteiger partial charge is 0.303 e. The molecule has 0 aromatic rings. The molecule has 0 saturated carbocycles. The summed E-state index contributed by atoms with van der Waals surface area (Å²) < 4.78 is 0.